The van der Waals surface area contributed by atoms with Gasteiger partial charge in [0.15, 0.2) is 5.96 Å². The summed E-state index contributed by atoms with van der Waals surface area (Å²) in [7, 11) is 0. The second kappa shape index (κ2) is 12.8. The zero-order valence-corrected chi connectivity index (χ0v) is 20.6. The highest BCUT2D eigenvalue weighted by molar-refractivity contribution is 14.0. The lowest BCUT2D eigenvalue weighted by Gasteiger charge is -2.16. The smallest absolute Gasteiger partial charge is 0.350 e. The molecule has 0 bridgehead atoms. The summed E-state index contributed by atoms with van der Waals surface area (Å²) in [5, 5.41) is 7.07. The number of halogens is 3. The van der Waals surface area contributed by atoms with Gasteiger partial charge in [0.25, 0.3) is 0 Å². The zero-order chi connectivity index (χ0) is 21.4. The van der Waals surface area contributed by atoms with Gasteiger partial charge in [-0.1, -0.05) is 0 Å². The first-order valence-electron chi connectivity index (χ1n) is 9.48. The fourth-order valence-corrected chi connectivity index (χ4v) is 3.56. The number of nitrogens with one attached hydrogen (secondary N) is 2. The molecule has 0 saturated heterocycles. The van der Waals surface area contributed by atoms with Gasteiger partial charge in [-0.05, 0) is 57.9 Å². The number of hydrogen-bond acceptors (Lipinski definition) is 5. The van der Waals surface area contributed by atoms with Gasteiger partial charge in [-0.2, -0.15) is 0 Å². The molecule has 166 valence electrons. The van der Waals surface area contributed by atoms with Crippen molar-refractivity contribution in [3.63, 3.8) is 0 Å². The molecule has 0 amide bonds. The molecule has 1 unspecified atom stereocenters. The zero-order valence-electron chi connectivity index (χ0n) is 17.4. The molecular formula is C20H27F2IN4O2S. The van der Waals surface area contributed by atoms with E-state index in [2.05, 4.69) is 20.6 Å². The molecular weight excluding hydrogens is 525 g/mol. The molecule has 2 aromatic rings. The molecule has 0 radical (unpaired) electrons. The van der Waals surface area contributed by atoms with E-state index in [1.807, 2.05) is 13.8 Å². The fraction of sp³-hybridized carbons (Fsp3) is 0.450. The third-order valence-corrected chi connectivity index (χ3v) is 5.32. The molecule has 0 aliphatic rings. The quantitative estimate of drug-likeness (QED) is 0.220. The Hall–Kier alpha value is -1.82. The molecule has 1 aromatic carbocycles. The molecule has 1 aromatic heterocycles. The van der Waals surface area contributed by atoms with Gasteiger partial charge in [0.1, 0.15) is 21.5 Å². The summed E-state index contributed by atoms with van der Waals surface area (Å²) >= 11 is 1.28. The Balaban J connectivity index is 0.00000450. The third kappa shape index (κ3) is 7.46. The number of guanidine groups is 1. The number of hydrogen-bond donors (Lipinski definition) is 2. The van der Waals surface area contributed by atoms with Crippen molar-refractivity contribution < 1.29 is 18.3 Å². The molecule has 30 heavy (non-hydrogen) atoms. The Morgan fingerprint density at radius 1 is 1.33 bits per heavy atom. The van der Waals surface area contributed by atoms with Crippen LogP contribution in [0.15, 0.2) is 23.2 Å². The predicted octanol–water partition coefficient (Wildman–Crippen LogP) is 4.38. The average Bonchev–Trinajstić information content (AvgIpc) is 3.07. The van der Waals surface area contributed by atoms with Crippen LogP contribution in [-0.2, 0) is 11.2 Å². The van der Waals surface area contributed by atoms with E-state index in [1.165, 1.54) is 17.4 Å². The largest absolute Gasteiger partial charge is 0.462 e. The first-order valence-corrected chi connectivity index (χ1v) is 10.3. The minimum atomic E-state index is -0.472. The highest BCUT2D eigenvalue weighted by Crippen LogP contribution is 2.24. The maximum atomic E-state index is 13.7. The number of aryl methyl sites for hydroxylation is 1. The van der Waals surface area contributed by atoms with E-state index in [-0.39, 0.29) is 54.5 Å². The number of aliphatic imine (C=N–C) groups is 1. The lowest BCUT2D eigenvalue weighted by molar-refractivity contribution is 0.0531. The Bertz CT molecular complexity index is 876. The van der Waals surface area contributed by atoms with E-state index < -0.39 is 11.6 Å². The van der Waals surface area contributed by atoms with Gasteiger partial charge in [-0.3, -0.25) is 4.99 Å². The van der Waals surface area contributed by atoms with Crippen LogP contribution in [0.5, 0.6) is 0 Å². The summed E-state index contributed by atoms with van der Waals surface area (Å²) in [6, 6.07) is 3.19. The maximum absolute atomic E-state index is 13.7. The Morgan fingerprint density at radius 3 is 2.73 bits per heavy atom. The molecule has 6 nitrogen and oxygen atoms in total. The van der Waals surface area contributed by atoms with Crippen LogP contribution < -0.4 is 10.6 Å². The Kier molecular flexibility index (Phi) is 11.2. The molecule has 1 atom stereocenters. The summed E-state index contributed by atoms with van der Waals surface area (Å²) in [6.07, 6.45) is 0.276. The summed E-state index contributed by atoms with van der Waals surface area (Å²) in [5.74, 6) is -0.765. The second-order valence-electron chi connectivity index (χ2n) is 6.30. The van der Waals surface area contributed by atoms with Crippen LogP contribution >= 0.6 is 35.3 Å². The molecule has 10 heteroatoms. The van der Waals surface area contributed by atoms with Gasteiger partial charge in [0.05, 0.1) is 18.3 Å². The molecule has 2 N–H and O–H groups in total. The Morgan fingerprint density at radius 2 is 2.07 bits per heavy atom. The van der Waals surface area contributed by atoms with Crippen LogP contribution in [-0.4, -0.2) is 36.6 Å². The van der Waals surface area contributed by atoms with E-state index >= 15 is 0 Å². The van der Waals surface area contributed by atoms with Crippen molar-refractivity contribution in [3.8, 4) is 0 Å². The summed E-state index contributed by atoms with van der Waals surface area (Å²) in [5.41, 5.74) is 0.910. The van der Waals surface area contributed by atoms with Crippen LogP contribution in [0.25, 0.3) is 0 Å². The number of benzene rings is 1. The first kappa shape index (κ1) is 26.2. The van der Waals surface area contributed by atoms with Crippen LogP contribution in [0.2, 0.25) is 0 Å². The topological polar surface area (TPSA) is 75.6 Å². The standard InChI is InChI=1S/C20H26F2N4O2S.HI/c1-5-23-20(24-10-9-14-11-15(21)7-8-16(14)22)26-13(4)18-25-12(3)17(29-18)19(27)28-6-2;/h7-8,11,13H,5-6,9-10H2,1-4H3,(H2,23,24,26);1H. The lowest BCUT2D eigenvalue weighted by atomic mass is 10.1. The molecule has 0 fully saturated rings. The van der Waals surface area contributed by atoms with Crippen molar-refractivity contribution in [2.75, 3.05) is 19.7 Å². The number of ether oxygens (including phenoxy) is 1. The lowest BCUT2D eigenvalue weighted by Crippen LogP contribution is -2.38. The predicted molar refractivity (Wildman–Crippen MR) is 126 cm³/mol. The van der Waals surface area contributed by atoms with Crippen LogP contribution in [0.3, 0.4) is 0 Å². The normalized spacial score (nSPS) is 12.1. The molecule has 0 aliphatic heterocycles. The summed E-state index contributed by atoms with van der Waals surface area (Å²) < 4.78 is 32.1. The minimum absolute atomic E-state index is 0. The molecule has 0 saturated carbocycles. The molecule has 2 rings (SSSR count). The number of carbonyl (C=O) groups excluding carboxylic acids is 1. The maximum Gasteiger partial charge on any atom is 0.350 e. The van der Waals surface area contributed by atoms with Crippen molar-refractivity contribution in [1.82, 2.24) is 15.6 Å². The SMILES string of the molecule is CCNC(=NCCc1cc(F)ccc1F)NC(C)c1nc(C)c(C(=O)OCC)s1.I. The number of aromatic nitrogens is 1. The van der Waals surface area contributed by atoms with Crippen molar-refractivity contribution >= 4 is 47.2 Å². The fourth-order valence-electron chi connectivity index (χ4n) is 2.60. The van der Waals surface area contributed by atoms with Crippen molar-refractivity contribution in [1.29, 1.82) is 0 Å². The van der Waals surface area contributed by atoms with E-state index in [0.717, 1.165) is 17.1 Å². The number of nitrogens with zero attached hydrogens (tertiary/aromatic N) is 2. The van der Waals surface area contributed by atoms with Gasteiger partial charge in [-0.15, -0.1) is 35.3 Å². The van der Waals surface area contributed by atoms with Gasteiger partial charge in [-0.25, -0.2) is 18.6 Å². The number of thiazole rings is 1. The van der Waals surface area contributed by atoms with Crippen LogP contribution in [0, 0.1) is 18.6 Å². The number of rotatable bonds is 8. The average molecular weight is 552 g/mol. The minimum Gasteiger partial charge on any atom is -0.462 e. The first-order chi connectivity index (χ1) is 13.8. The van der Waals surface area contributed by atoms with Crippen molar-refractivity contribution in [2.24, 2.45) is 4.99 Å². The van der Waals surface area contributed by atoms with Gasteiger partial charge in [0, 0.05) is 13.1 Å². The van der Waals surface area contributed by atoms with Crippen LogP contribution in [0.4, 0.5) is 8.78 Å². The second-order valence-corrected chi connectivity index (χ2v) is 7.33. The Labute approximate surface area is 196 Å². The van der Waals surface area contributed by atoms with E-state index in [4.69, 9.17) is 4.74 Å². The van der Waals surface area contributed by atoms with Crippen molar-refractivity contribution in [2.45, 2.75) is 40.2 Å². The van der Waals surface area contributed by atoms with E-state index in [9.17, 15) is 13.6 Å². The molecule has 0 spiro atoms. The van der Waals surface area contributed by atoms with Gasteiger partial charge < -0.3 is 15.4 Å². The monoisotopic (exact) mass is 552 g/mol. The van der Waals surface area contributed by atoms with Gasteiger partial charge >= 0.3 is 5.97 Å². The molecule has 1 heterocycles. The van der Waals surface area contributed by atoms with E-state index in [0.29, 0.717) is 29.7 Å². The summed E-state index contributed by atoms with van der Waals surface area (Å²) in [4.78, 5) is 21.4. The van der Waals surface area contributed by atoms with Crippen molar-refractivity contribution in [3.05, 3.63) is 51.0 Å². The number of carbonyl (C=O) groups is 1. The number of esters is 1. The van der Waals surface area contributed by atoms with Gasteiger partial charge in [0.2, 0.25) is 0 Å². The third-order valence-electron chi connectivity index (χ3n) is 4.00. The highest BCUT2D eigenvalue weighted by Gasteiger charge is 2.20. The van der Waals surface area contributed by atoms with E-state index in [1.54, 1.807) is 13.8 Å². The molecule has 0 aliphatic carbocycles. The van der Waals surface area contributed by atoms with Crippen LogP contribution in [0.1, 0.15) is 52.7 Å². The summed E-state index contributed by atoms with van der Waals surface area (Å²) in [6.45, 7) is 8.60. The highest BCUT2D eigenvalue weighted by atomic mass is 127.